The van der Waals surface area contributed by atoms with Crippen LogP contribution in [0.3, 0.4) is 0 Å². The fourth-order valence-corrected chi connectivity index (χ4v) is 2.49. The molecule has 1 aliphatic heterocycles. The minimum atomic E-state index is -1.36. The Bertz CT molecular complexity index is 283. The maximum absolute atomic E-state index is 11.4. The molecule has 1 heterocycles. The molecule has 0 aliphatic carbocycles. The lowest BCUT2D eigenvalue weighted by molar-refractivity contribution is -0.248. The summed E-state index contributed by atoms with van der Waals surface area (Å²) >= 11 is 0. The number of rotatable bonds is 5. The van der Waals surface area contributed by atoms with Crippen LogP contribution >= 0.6 is 21.6 Å². The van der Waals surface area contributed by atoms with Gasteiger partial charge in [0.2, 0.25) is 0 Å². The van der Waals surface area contributed by atoms with Gasteiger partial charge < -0.3 is 9.94 Å². The number of carbonyl (C=O) groups is 2. The zero-order chi connectivity index (χ0) is 12.2. The third kappa shape index (κ3) is 3.57. The van der Waals surface area contributed by atoms with Gasteiger partial charge in [-0.05, 0) is 13.2 Å². The molecule has 0 aromatic rings. The topological polar surface area (TPSA) is 66.8 Å². The number of aliphatic hydroxyl groups is 1. The van der Waals surface area contributed by atoms with Gasteiger partial charge in [0.25, 0.3) is 5.91 Å². The normalized spacial score (nSPS) is 24.9. The maximum Gasteiger partial charge on any atom is 0.333 e. The molecule has 1 unspecified atom stereocenters. The van der Waals surface area contributed by atoms with Gasteiger partial charge in [-0.15, -0.1) is 5.06 Å². The van der Waals surface area contributed by atoms with Crippen LogP contribution in [0.2, 0.25) is 0 Å². The van der Waals surface area contributed by atoms with Crippen molar-refractivity contribution < 1.29 is 19.5 Å². The van der Waals surface area contributed by atoms with Crippen LogP contribution in [0.25, 0.3) is 0 Å². The zero-order valence-electron chi connectivity index (χ0n) is 9.26. The van der Waals surface area contributed by atoms with Gasteiger partial charge in [-0.1, -0.05) is 21.6 Å². The second-order valence-corrected chi connectivity index (χ2v) is 6.29. The van der Waals surface area contributed by atoms with Crippen LogP contribution in [0, 0.1) is 0 Å². The zero-order valence-corrected chi connectivity index (χ0v) is 10.9. The fourth-order valence-electron chi connectivity index (χ4n) is 1.32. The van der Waals surface area contributed by atoms with Gasteiger partial charge in [-0.3, -0.25) is 4.79 Å². The van der Waals surface area contributed by atoms with E-state index >= 15 is 0 Å². The van der Waals surface area contributed by atoms with Crippen LogP contribution in [-0.2, 0) is 14.4 Å². The predicted molar refractivity (Wildman–Crippen MR) is 63.4 cm³/mol. The van der Waals surface area contributed by atoms with E-state index in [9.17, 15) is 14.7 Å². The van der Waals surface area contributed by atoms with Gasteiger partial charge in [0.05, 0.1) is 6.42 Å². The molecule has 7 heteroatoms. The number of hydrogen-bond acceptors (Lipinski definition) is 6. The molecule has 0 spiro atoms. The fraction of sp³-hybridized carbons (Fsp3) is 0.778. The highest BCUT2D eigenvalue weighted by atomic mass is 33.1. The molecule has 92 valence electrons. The van der Waals surface area contributed by atoms with Gasteiger partial charge in [0, 0.05) is 18.6 Å². The second kappa shape index (κ2) is 5.79. The molecule has 0 aromatic heterocycles. The van der Waals surface area contributed by atoms with E-state index in [1.807, 2.05) is 6.26 Å². The van der Waals surface area contributed by atoms with E-state index in [1.54, 1.807) is 21.6 Å². The Morgan fingerprint density at radius 1 is 1.69 bits per heavy atom. The van der Waals surface area contributed by atoms with Crippen LogP contribution in [0.15, 0.2) is 0 Å². The van der Waals surface area contributed by atoms with Gasteiger partial charge in [0.1, 0.15) is 0 Å². The van der Waals surface area contributed by atoms with Crippen molar-refractivity contribution in [3.63, 3.8) is 0 Å². The Hall–Kier alpha value is -0.400. The first-order chi connectivity index (χ1) is 7.47. The van der Waals surface area contributed by atoms with E-state index in [1.165, 1.54) is 6.92 Å². The van der Waals surface area contributed by atoms with Gasteiger partial charge in [-0.25, -0.2) is 4.79 Å². The molecule has 0 bridgehead atoms. The number of nitrogens with zero attached hydrogens (tertiary/aromatic N) is 1. The van der Waals surface area contributed by atoms with Crippen LogP contribution in [0.5, 0.6) is 0 Å². The lowest BCUT2D eigenvalue weighted by atomic mass is 10.2. The molecular weight excluding hydrogens is 250 g/mol. The van der Waals surface area contributed by atoms with E-state index in [2.05, 4.69) is 0 Å². The van der Waals surface area contributed by atoms with E-state index in [4.69, 9.17) is 4.84 Å². The summed E-state index contributed by atoms with van der Waals surface area (Å²) in [5, 5.41) is 10.6. The summed E-state index contributed by atoms with van der Waals surface area (Å²) < 4.78 is 0. The Kier molecular flexibility index (Phi) is 4.94. The summed E-state index contributed by atoms with van der Waals surface area (Å²) in [7, 11) is 3.11. The first-order valence-electron chi connectivity index (χ1n) is 4.89. The third-order valence-electron chi connectivity index (χ3n) is 2.18. The molecule has 0 saturated carbocycles. The number of carbonyl (C=O) groups excluding carboxylic acids is 2. The molecule has 1 atom stereocenters. The van der Waals surface area contributed by atoms with Crippen molar-refractivity contribution in [2.45, 2.75) is 31.9 Å². The largest absolute Gasteiger partial charge is 0.368 e. The van der Waals surface area contributed by atoms with Crippen LogP contribution in [0.1, 0.15) is 26.2 Å². The Balaban J connectivity index is 2.40. The molecule has 1 saturated heterocycles. The Morgan fingerprint density at radius 3 is 2.88 bits per heavy atom. The van der Waals surface area contributed by atoms with E-state index < -0.39 is 11.7 Å². The predicted octanol–water partition coefficient (Wildman–Crippen LogP) is 1.18. The average Bonchev–Trinajstić information content (AvgIpc) is 2.45. The Labute approximate surface area is 102 Å². The summed E-state index contributed by atoms with van der Waals surface area (Å²) in [5.74, 6) is -0.211. The van der Waals surface area contributed by atoms with Crippen molar-refractivity contribution in [1.82, 2.24) is 5.06 Å². The first-order valence-corrected chi connectivity index (χ1v) is 7.62. The molecule has 1 fully saturated rings. The van der Waals surface area contributed by atoms with E-state index in [-0.39, 0.29) is 18.7 Å². The first kappa shape index (κ1) is 13.7. The summed E-state index contributed by atoms with van der Waals surface area (Å²) in [4.78, 5) is 27.5. The van der Waals surface area contributed by atoms with E-state index in [0.717, 1.165) is 5.06 Å². The smallest absolute Gasteiger partial charge is 0.333 e. The van der Waals surface area contributed by atoms with E-state index in [0.29, 0.717) is 12.2 Å². The van der Waals surface area contributed by atoms with Crippen LogP contribution in [-0.4, -0.2) is 39.8 Å². The summed E-state index contributed by atoms with van der Waals surface area (Å²) in [5.41, 5.74) is -1.36. The Morgan fingerprint density at radius 2 is 2.38 bits per heavy atom. The lowest BCUT2D eigenvalue weighted by Gasteiger charge is -2.27. The average molecular weight is 265 g/mol. The van der Waals surface area contributed by atoms with Crippen LogP contribution in [0.4, 0.5) is 0 Å². The molecule has 5 nitrogen and oxygen atoms in total. The van der Waals surface area contributed by atoms with Crippen LogP contribution < -0.4 is 0 Å². The highest BCUT2D eigenvalue weighted by Crippen LogP contribution is 2.27. The summed E-state index contributed by atoms with van der Waals surface area (Å²) in [6.07, 6.45) is 2.65. The van der Waals surface area contributed by atoms with Crippen molar-refractivity contribution in [2.24, 2.45) is 0 Å². The molecule has 0 radical (unpaired) electrons. The molecule has 1 amide bonds. The number of amides is 1. The summed E-state index contributed by atoms with van der Waals surface area (Å²) in [6, 6.07) is 0. The second-order valence-electron chi connectivity index (χ2n) is 3.61. The SMILES string of the molecule is CSSCCC(=O)ON1C(=O)CCC1(C)O. The van der Waals surface area contributed by atoms with Crippen molar-refractivity contribution in [2.75, 3.05) is 12.0 Å². The minimum absolute atomic E-state index is 0.208. The standard InChI is InChI=1S/C9H15NO4S2/c1-9(13)5-3-7(11)10(9)14-8(12)4-6-16-15-2/h13H,3-6H2,1-2H3. The molecule has 1 rings (SSSR count). The minimum Gasteiger partial charge on any atom is -0.368 e. The van der Waals surface area contributed by atoms with Gasteiger partial charge in [-0.2, -0.15) is 0 Å². The molecule has 1 aliphatic rings. The molecule has 1 N–H and O–H groups in total. The monoisotopic (exact) mass is 265 g/mol. The quantitative estimate of drug-likeness (QED) is 0.594. The van der Waals surface area contributed by atoms with Gasteiger partial charge in [0.15, 0.2) is 5.72 Å². The molecule has 0 aromatic carbocycles. The third-order valence-corrected chi connectivity index (χ3v) is 3.99. The lowest BCUT2D eigenvalue weighted by Crippen LogP contribution is -2.44. The van der Waals surface area contributed by atoms with Crippen molar-refractivity contribution >= 4 is 33.5 Å². The van der Waals surface area contributed by atoms with Crippen molar-refractivity contribution in [3.05, 3.63) is 0 Å². The number of hydroxylamine groups is 2. The molecule has 16 heavy (non-hydrogen) atoms. The van der Waals surface area contributed by atoms with Crippen molar-refractivity contribution in [1.29, 1.82) is 0 Å². The maximum atomic E-state index is 11.4. The highest BCUT2D eigenvalue weighted by molar-refractivity contribution is 8.76. The summed E-state index contributed by atoms with van der Waals surface area (Å²) in [6.45, 7) is 1.46. The van der Waals surface area contributed by atoms with Gasteiger partial charge >= 0.3 is 5.97 Å². The highest BCUT2D eigenvalue weighted by Gasteiger charge is 2.43. The molecular formula is C9H15NO4S2. The van der Waals surface area contributed by atoms with Crippen molar-refractivity contribution in [3.8, 4) is 0 Å². The number of hydrogen-bond donors (Lipinski definition) is 1.